The van der Waals surface area contributed by atoms with Crippen molar-refractivity contribution in [2.24, 2.45) is 0 Å². The van der Waals surface area contributed by atoms with Crippen LogP contribution in [-0.4, -0.2) is 22.6 Å². The molecule has 0 saturated carbocycles. The number of benzene rings is 8. The molecule has 3 N–H and O–H groups in total. The van der Waals surface area contributed by atoms with E-state index in [1.807, 2.05) is 127 Å². The average Bonchev–Trinajstić information content (AvgIpc) is 3.98. The Morgan fingerprint density at radius 1 is 0.439 bits per heavy atom. The van der Waals surface area contributed by atoms with Gasteiger partial charge in [0, 0.05) is 26.7 Å². The molecule has 0 fully saturated rings. The summed E-state index contributed by atoms with van der Waals surface area (Å²) in [7, 11) is -4.67. The van der Waals surface area contributed by atoms with Gasteiger partial charge < -0.3 is 23.4 Å². The van der Waals surface area contributed by atoms with Crippen molar-refractivity contribution in [2.75, 3.05) is 0 Å². The predicted molar refractivity (Wildman–Crippen MR) is 254 cm³/mol. The molecule has 2 aliphatic heterocycles. The monoisotopic (exact) mass is 928 g/mol. The highest BCUT2D eigenvalue weighted by Crippen LogP contribution is 2.64. The molecule has 4 heterocycles. The van der Waals surface area contributed by atoms with Gasteiger partial charge in [0.1, 0.15) is 28.1 Å². The number of furan rings is 2. The highest BCUT2D eigenvalue weighted by molar-refractivity contribution is 7.79. The molecule has 0 amide bonds. The van der Waals surface area contributed by atoms with Gasteiger partial charge in [0.15, 0.2) is 28.6 Å². The third-order valence-corrected chi connectivity index (χ3v) is 12.7. The van der Waals surface area contributed by atoms with Crippen LogP contribution in [0.2, 0.25) is 10.0 Å². The molecule has 0 bridgehead atoms. The standard InChI is InChI=1S/C27H17ClO3.C27H15ClO2.H2O4S/c28-18-14-15-21(20(16-18)17-8-2-1-3-9-17)27(29)22-11-5-7-13-24(22)30-25-19-10-4-6-12-23(19)31-26(25)27;28-16-13-14-21-19(15-16)17-7-1-3-9-20(17)27(21)22-10-4-6-12-24(22)29-25-18-8-2-5-11-23(18)30-26(25)27;1-5(2,3)4/h1-16,29H;1-15H;(H2,1,2,3,4). The Balaban J connectivity index is 0.000000133. The lowest BCUT2D eigenvalue weighted by Gasteiger charge is -2.36. The van der Waals surface area contributed by atoms with E-state index >= 15 is 0 Å². The molecule has 2 atom stereocenters. The number of fused-ring (bicyclic) bond motifs is 15. The van der Waals surface area contributed by atoms with E-state index in [1.54, 1.807) is 6.07 Å². The zero-order valence-electron chi connectivity index (χ0n) is 34.4. The largest absolute Gasteiger partial charge is 0.455 e. The van der Waals surface area contributed by atoms with Gasteiger partial charge in [-0.1, -0.05) is 151 Å². The van der Waals surface area contributed by atoms with Gasteiger partial charge in [0.2, 0.25) is 0 Å². The lowest BCUT2D eigenvalue weighted by Crippen LogP contribution is -2.32. The van der Waals surface area contributed by atoms with Crippen molar-refractivity contribution in [3.05, 3.63) is 237 Å². The zero-order valence-corrected chi connectivity index (χ0v) is 36.7. The number of hydrogen-bond acceptors (Lipinski definition) is 7. The van der Waals surface area contributed by atoms with Crippen LogP contribution in [0, 0.1) is 0 Å². The minimum absolute atomic E-state index is 0.368. The van der Waals surface area contributed by atoms with E-state index in [9.17, 15) is 5.11 Å². The lowest BCUT2D eigenvalue weighted by atomic mass is 9.69. The second kappa shape index (κ2) is 15.8. The molecule has 8 aromatic carbocycles. The van der Waals surface area contributed by atoms with E-state index < -0.39 is 21.4 Å². The first-order valence-corrected chi connectivity index (χ1v) is 22.9. The van der Waals surface area contributed by atoms with Crippen molar-refractivity contribution in [3.63, 3.8) is 0 Å². The smallest absolute Gasteiger partial charge is 0.394 e. The number of rotatable bonds is 2. The molecule has 12 heteroatoms. The van der Waals surface area contributed by atoms with E-state index in [4.69, 9.17) is 59.0 Å². The Bertz CT molecular complexity index is 3650. The van der Waals surface area contributed by atoms with Crippen molar-refractivity contribution in [2.45, 2.75) is 11.0 Å². The lowest BCUT2D eigenvalue weighted by molar-refractivity contribution is 0.0883. The van der Waals surface area contributed by atoms with Crippen LogP contribution in [0.4, 0.5) is 0 Å². The van der Waals surface area contributed by atoms with Gasteiger partial charge in [-0.2, -0.15) is 8.42 Å². The Labute approximate surface area is 388 Å². The summed E-state index contributed by atoms with van der Waals surface area (Å²) in [6.07, 6.45) is 0. The quantitative estimate of drug-likeness (QED) is 0.145. The fraction of sp³-hybridized carbons (Fsp3) is 0.0370. The molecular formula is C54H34Cl2O9S. The molecule has 324 valence electrons. The fourth-order valence-electron chi connectivity index (χ4n) is 9.66. The maximum atomic E-state index is 12.5. The summed E-state index contributed by atoms with van der Waals surface area (Å²) in [5.41, 5.74) is 8.21. The number of ether oxygens (including phenoxy) is 2. The molecule has 0 saturated heterocycles. The third kappa shape index (κ3) is 6.61. The number of halogens is 2. The van der Waals surface area contributed by atoms with Gasteiger partial charge in [-0.3, -0.25) is 9.11 Å². The van der Waals surface area contributed by atoms with Crippen LogP contribution in [-0.2, 0) is 21.4 Å². The topological polar surface area (TPSA) is 140 Å². The second-order valence-electron chi connectivity index (χ2n) is 15.9. The van der Waals surface area contributed by atoms with Crippen LogP contribution < -0.4 is 9.47 Å². The maximum Gasteiger partial charge on any atom is 0.394 e. The highest BCUT2D eigenvalue weighted by Gasteiger charge is 2.54. The van der Waals surface area contributed by atoms with Crippen LogP contribution in [0.5, 0.6) is 23.0 Å². The summed E-state index contributed by atoms with van der Waals surface area (Å²) in [6.45, 7) is 0. The summed E-state index contributed by atoms with van der Waals surface area (Å²) in [6, 6.07) is 61.6. The van der Waals surface area contributed by atoms with Crippen molar-refractivity contribution < 1.29 is 40.9 Å². The van der Waals surface area contributed by atoms with E-state index in [1.165, 1.54) is 16.7 Å². The Kier molecular flexibility index (Phi) is 9.93. The molecule has 66 heavy (non-hydrogen) atoms. The molecule has 2 unspecified atom stereocenters. The molecule has 9 nitrogen and oxygen atoms in total. The first-order chi connectivity index (χ1) is 31.9. The summed E-state index contributed by atoms with van der Waals surface area (Å²) in [4.78, 5) is 0. The Morgan fingerprint density at radius 3 is 1.55 bits per heavy atom. The molecule has 2 aromatic heterocycles. The third-order valence-electron chi connectivity index (χ3n) is 12.2. The average molecular weight is 930 g/mol. The van der Waals surface area contributed by atoms with Gasteiger partial charge in [-0.15, -0.1) is 0 Å². The van der Waals surface area contributed by atoms with Crippen molar-refractivity contribution in [1.82, 2.24) is 0 Å². The SMILES string of the molecule is Clc1ccc2c(c1)-c1ccccc1C21c2ccccc2Oc2c1oc1ccccc21.O=S(=O)(O)O.OC1(c2ccc(Cl)cc2-c2ccccc2)c2ccccc2Oc2c1oc1ccccc21. The first kappa shape index (κ1) is 41.5. The van der Waals surface area contributed by atoms with E-state index in [0.717, 1.165) is 60.9 Å². The van der Waals surface area contributed by atoms with Gasteiger partial charge >= 0.3 is 10.4 Å². The summed E-state index contributed by atoms with van der Waals surface area (Å²) in [5, 5.41) is 15.6. The molecule has 1 spiro atoms. The van der Waals surface area contributed by atoms with Crippen LogP contribution in [0.25, 0.3) is 44.2 Å². The first-order valence-electron chi connectivity index (χ1n) is 20.7. The van der Waals surface area contributed by atoms with E-state index in [2.05, 4.69) is 54.6 Å². The molecule has 3 aliphatic rings. The van der Waals surface area contributed by atoms with Gasteiger partial charge in [-0.05, 0) is 94.0 Å². The van der Waals surface area contributed by atoms with Crippen molar-refractivity contribution in [3.8, 4) is 45.3 Å². The van der Waals surface area contributed by atoms with Crippen molar-refractivity contribution in [1.29, 1.82) is 0 Å². The fourth-order valence-corrected chi connectivity index (χ4v) is 10.0. The number of hydrogen-bond donors (Lipinski definition) is 3. The van der Waals surface area contributed by atoms with E-state index in [-0.39, 0.29) is 0 Å². The highest BCUT2D eigenvalue weighted by atomic mass is 35.5. The van der Waals surface area contributed by atoms with Gasteiger partial charge in [0.25, 0.3) is 0 Å². The maximum absolute atomic E-state index is 12.5. The van der Waals surface area contributed by atoms with Gasteiger partial charge in [-0.25, -0.2) is 0 Å². The summed E-state index contributed by atoms with van der Waals surface area (Å²) in [5.74, 6) is 3.97. The van der Waals surface area contributed by atoms with Crippen LogP contribution in [0.15, 0.2) is 197 Å². The summed E-state index contributed by atoms with van der Waals surface area (Å²) >= 11 is 12.8. The molecule has 10 aromatic rings. The normalized spacial score (nSPS) is 17.0. The second-order valence-corrected chi connectivity index (χ2v) is 17.7. The number of para-hydroxylation sites is 4. The summed E-state index contributed by atoms with van der Waals surface area (Å²) < 4.78 is 57.1. The molecular weight excluding hydrogens is 896 g/mol. The minimum atomic E-state index is -4.67. The Hall–Kier alpha value is -7.15. The van der Waals surface area contributed by atoms with Crippen LogP contribution in [0.3, 0.4) is 0 Å². The predicted octanol–water partition coefficient (Wildman–Crippen LogP) is 14.0. The van der Waals surface area contributed by atoms with Crippen molar-refractivity contribution >= 4 is 55.5 Å². The Morgan fingerprint density at radius 2 is 0.894 bits per heavy atom. The molecule has 13 rings (SSSR count). The minimum Gasteiger partial charge on any atom is -0.455 e. The zero-order chi connectivity index (χ0) is 45.4. The molecule has 0 radical (unpaired) electrons. The molecule has 1 aliphatic carbocycles. The number of aliphatic hydroxyl groups is 1. The van der Waals surface area contributed by atoms with Crippen LogP contribution in [0.1, 0.15) is 39.3 Å². The van der Waals surface area contributed by atoms with Crippen LogP contribution >= 0.6 is 23.2 Å². The van der Waals surface area contributed by atoms with E-state index in [0.29, 0.717) is 39.0 Å². The van der Waals surface area contributed by atoms with Gasteiger partial charge in [0.05, 0.1) is 10.8 Å².